The number of hydrogen-bond acceptors (Lipinski definition) is 5. The van der Waals surface area contributed by atoms with Gasteiger partial charge in [-0.25, -0.2) is 4.98 Å². The maximum atomic E-state index is 13.1. The largest absolute Gasteiger partial charge is 0.450 e. The second-order valence-electron chi connectivity index (χ2n) is 7.51. The third-order valence-corrected chi connectivity index (χ3v) is 5.50. The second-order valence-corrected chi connectivity index (χ2v) is 7.51. The van der Waals surface area contributed by atoms with E-state index in [4.69, 9.17) is 4.74 Å². The smallest absolute Gasteiger partial charge is 0.233 e. The Morgan fingerprint density at radius 3 is 2.63 bits per heavy atom. The molecule has 3 heterocycles. The van der Waals surface area contributed by atoms with E-state index in [1.165, 1.54) is 11.1 Å². The molecule has 0 amide bonds. The molecule has 1 aromatic carbocycles. The van der Waals surface area contributed by atoms with Crippen LogP contribution in [0, 0.1) is 0 Å². The summed E-state index contributed by atoms with van der Waals surface area (Å²) < 4.78 is 7.76. The zero-order valence-electron chi connectivity index (χ0n) is 16.7. The van der Waals surface area contributed by atoms with Gasteiger partial charge in [-0.3, -0.25) is 9.78 Å². The van der Waals surface area contributed by atoms with E-state index in [2.05, 4.69) is 39.6 Å². The van der Waals surface area contributed by atoms with Crippen molar-refractivity contribution < 1.29 is 4.74 Å². The summed E-state index contributed by atoms with van der Waals surface area (Å²) in [5.74, 6) is 0.798. The topological polar surface area (TPSA) is 69.0 Å². The molecule has 0 atom stereocenters. The number of pyridine rings is 3. The Balaban J connectivity index is 1.48. The van der Waals surface area contributed by atoms with Crippen LogP contribution in [-0.2, 0) is 19.4 Å². The van der Waals surface area contributed by atoms with Gasteiger partial charge in [-0.2, -0.15) is 0 Å². The van der Waals surface area contributed by atoms with Gasteiger partial charge in [0.05, 0.1) is 29.7 Å². The Labute approximate surface area is 174 Å². The molecule has 3 aromatic heterocycles. The summed E-state index contributed by atoms with van der Waals surface area (Å²) in [5, 5.41) is 4.09. The first-order valence-corrected chi connectivity index (χ1v) is 10.2. The molecule has 6 heteroatoms. The standard InChI is InChI=1S/C24H22N4O2/c1-2-28-15-22(30-20-8-5-9-25-14-20)23(29)21-12-19(13-26-24(21)28)27-18-10-16-6-3-4-7-17(16)11-18/h3-9,12-15,18,27H,2,10-11H2,1H3. The van der Waals surface area contributed by atoms with Crippen LogP contribution in [0.5, 0.6) is 11.5 Å². The molecule has 1 aliphatic carbocycles. The maximum Gasteiger partial charge on any atom is 0.233 e. The van der Waals surface area contributed by atoms with Crippen LogP contribution in [0.2, 0.25) is 0 Å². The predicted octanol–water partition coefficient (Wildman–Crippen LogP) is 4.18. The lowest BCUT2D eigenvalue weighted by Gasteiger charge is -2.15. The normalized spacial score (nSPS) is 13.4. The quantitative estimate of drug-likeness (QED) is 0.546. The second kappa shape index (κ2) is 7.63. The van der Waals surface area contributed by atoms with Crippen molar-refractivity contribution in [3.8, 4) is 11.5 Å². The molecule has 1 N–H and O–H groups in total. The molecule has 1 aliphatic rings. The van der Waals surface area contributed by atoms with Crippen LogP contribution < -0.4 is 15.5 Å². The van der Waals surface area contributed by atoms with E-state index in [0.717, 1.165) is 18.5 Å². The Kier molecular flexibility index (Phi) is 4.67. The van der Waals surface area contributed by atoms with Crippen LogP contribution in [0.25, 0.3) is 11.0 Å². The van der Waals surface area contributed by atoms with Crippen LogP contribution in [0.1, 0.15) is 18.1 Å². The van der Waals surface area contributed by atoms with E-state index < -0.39 is 0 Å². The summed E-state index contributed by atoms with van der Waals surface area (Å²) in [6, 6.07) is 14.3. The number of nitrogens with one attached hydrogen (secondary N) is 1. The van der Waals surface area contributed by atoms with Crippen molar-refractivity contribution in [2.24, 2.45) is 0 Å². The number of hydrogen-bond donors (Lipinski definition) is 1. The maximum absolute atomic E-state index is 13.1. The first-order chi connectivity index (χ1) is 14.7. The molecule has 0 aliphatic heterocycles. The first kappa shape index (κ1) is 18.4. The molecule has 0 radical (unpaired) electrons. The molecule has 6 nitrogen and oxygen atoms in total. The van der Waals surface area contributed by atoms with Gasteiger partial charge in [0.1, 0.15) is 11.4 Å². The minimum atomic E-state index is -0.176. The molecule has 0 saturated heterocycles. The number of rotatable bonds is 5. The van der Waals surface area contributed by atoms with Gasteiger partial charge < -0.3 is 14.6 Å². The molecule has 0 bridgehead atoms. The lowest BCUT2D eigenvalue weighted by atomic mass is 10.1. The number of benzene rings is 1. The van der Waals surface area contributed by atoms with E-state index >= 15 is 0 Å². The van der Waals surface area contributed by atoms with Gasteiger partial charge in [-0.1, -0.05) is 24.3 Å². The van der Waals surface area contributed by atoms with Crippen molar-refractivity contribution in [1.82, 2.24) is 14.5 Å². The van der Waals surface area contributed by atoms with E-state index in [1.54, 1.807) is 36.9 Å². The minimum Gasteiger partial charge on any atom is -0.450 e. The number of nitrogens with zero attached hydrogens (tertiary/aromatic N) is 3. The third-order valence-electron chi connectivity index (χ3n) is 5.50. The summed E-state index contributed by atoms with van der Waals surface area (Å²) >= 11 is 0. The monoisotopic (exact) mass is 398 g/mol. The highest BCUT2D eigenvalue weighted by molar-refractivity contribution is 5.80. The number of fused-ring (bicyclic) bond motifs is 2. The van der Waals surface area contributed by atoms with Crippen molar-refractivity contribution in [3.05, 3.63) is 88.6 Å². The molecule has 5 rings (SSSR count). The fourth-order valence-corrected chi connectivity index (χ4v) is 4.07. The van der Waals surface area contributed by atoms with Crippen LogP contribution in [0.3, 0.4) is 0 Å². The number of anilines is 1. The Bertz CT molecular complexity index is 1240. The molecule has 4 aromatic rings. The van der Waals surface area contributed by atoms with Crippen molar-refractivity contribution in [2.45, 2.75) is 32.4 Å². The van der Waals surface area contributed by atoms with Crippen LogP contribution in [-0.4, -0.2) is 20.6 Å². The van der Waals surface area contributed by atoms with Gasteiger partial charge in [0.15, 0.2) is 5.75 Å². The number of aryl methyl sites for hydroxylation is 1. The number of aromatic nitrogens is 3. The summed E-state index contributed by atoms with van der Waals surface area (Å²) in [4.78, 5) is 21.8. The van der Waals surface area contributed by atoms with Crippen molar-refractivity contribution in [1.29, 1.82) is 0 Å². The Morgan fingerprint density at radius 2 is 1.93 bits per heavy atom. The van der Waals surface area contributed by atoms with E-state index in [0.29, 0.717) is 29.4 Å². The van der Waals surface area contributed by atoms with Crippen molar-refractivity contribution in [2.75, 3.05) is 5.32 Å². The SMILES string of the molecule is CCn1cc(Oc2cccnc2)c(=O)c2cc(NC3Cc4ccccc4C3)cnc21. The first-order valence-electron chi connectivity index (χ1n) is 10.2. The molecule has 0 saturated carbocycles. The zero-order chi connectivity index (χ0) is 20.5. The lowest BCUT2D eigenvalue weighted by Crippen LogP contribution is -2.20. The van der Waals surface area contributed by atoms with Gasteiger partial charge in [0.2, 0.25) is 5.43 Å². The van der Waals surface area contributed by atoms with Crippen LogP contribution >= 0.6 is 0 Å². The highest BCUT2D eigenvalue weighted by atomic mass is 16.5. The van der Waals surface area contributed by atoms with Gasteiger partial charge in [-0.05, 0) is 49.1 Å². The van der Waals surface area contributed by atoms with Crippen LogP contribution in [0.15, 0.2) is 72.0 Å². The lowest BCUT2D eigenvalue weighted by molar-refractivity contribution is 0.470. The van der Waals surface area contributed by atoms with Crippen molar-refractivity contribution in [3.63, 3.8) is 0 Å². The Morgan fingerprint density at radius 1 is 1.13 bits per heavy atom. The van der Waals surface area contributed by atoms with Gasteiger partial charge in [0, 0.05) is 18.8 Å². The fourth-order valence-electron chi connectivity index (χ4n) is 4.07. The number of ether oxygens (including phenoxy) is 1. The zero-order valence-corrected chi connectivity index (χ0v) is 16.7. The average Bonchev–Trinajstić information content (AvgIpc) is 3.19. The average molecular weight is 398 g/mol. The summed E-state index contributed by atoms with van der Waals surface area (Å²) in [5.41, 5.74) is 4.08. The van der Waals surface area contributed by atoms with Gasteiger partial charge in [-0.15, -0.1) is 0 Å². The summed E-state index contributed by atoms with van der Waals surface area (Å²) in [6.07, 6.45) is 8.72. The predicted molar refractivity (Wildman–Crippen MR) is 117 cm³/mol. The van der Waals surface area contributed by atoms with Crippen LogP contribution in [0.4, 0.5) is 5.69 Å². The third kappa shape index (κ3) is 3.41. The van der Waals surface area contributed by atoms with Gasteiger partial charge in [0.25, 0.3) is 0 Å². The molecular weight excluding hydrogens is 376 g/mol. The highest BCUT2D eigenvalue weighted by Gasteiger charge is 2.21. The fraction of sp³-hybridized carbons (Fsp3) is 0.208. The summed E-state index contributed by atoms with van der Waals surface area (Å²) in [6.45, 7) is 2.69. The molecular formula is C24H22N4O2. The molecule has 0 fully saturated rings. The minimum absolute atomic E-state index is 0.176. The summed E-state index contributed by atoms with van der Waals surface area (Å²) in [7, 11) is 0. The molecule has 0 unspecified atom stereocenters. The molecule has 150 valence electrons. The van der Waals surface area contributed by atoms with Crippen molar-refractivity contribution >= 4 is 16.7 Å². The van der Waals surface area contributed by atoms with E-state index in [1.807, 2.05) is 17.6 Å². The van der Waals surface area contributed by atoms with E-state index in [-0.39, 0.29) is 11.2 Å². The van der Waals surface area contributed by atoms with E-state index in [9.17, 15) is 4.79 Å². The highest BCUT2D eigenvalue weighted by Crippen LogP contribution is 2.26. The van der Waals surface area contributed by atoms with Gasteiger partial charge >= 0.3 is 0 Å². The molecule has 0 spiro atoms. The Hall–Kier alpha value is -3.67. The molecule has 30 heavy (non-hydrogen) atoms.